The molecule has 3 saturated heterocycles. The highest BCUT2D eigenvalue weighted by Crippen LogP contribution is 2.27. The monoisotopic (exact) mass is 325 g/mol. The third-order valence-electron chi connectivity index (χ3n) is 5.58. The van der Waals surface area contributed by atoms with Gasteiger partial charge in [-0.1, -0.05) is 0 Å². The summed E-state index contributed by atoms with van der Waals surface area (Å²) in [6, 6.07) is 0.968. The first-order valence-electron chi connectivity index (χ1n) is 8.51. The standard InChI is InChI=1S/C16H27N3O4/c1-22-15(20)12-3-6-17(9-12)13-4-7-18(10-13)14-5-8-19(11-14)16(21)23-2/h12-14H,3-11H2,1-2H3/t12-,13-,14-/m0/s1. The van der Waals surface area contributed by atoms with E-state index >= 15 is 0 Å². The second-order valence-electron chi connectivity index (χ2n) is 6.80. The van der Waals surface area contributed by atoms with Gasteiger partial charge < -0.3 is 14.4 Å². The van der Waals surface area contributed by atoms with Crippen molar-refractivity contribution in [3.8, 4) is 0 Å². The number of likely N-dealkylation sites (tertiary alicyclic amines) is 3. The summed E-state index contributed by atoms with van der Waals surface area (Å²) in [7, 11) is 2.90. The molecule has 7 nitrogen and oxygen atoms in total. The Morgan fingerprint density at radius 1 is 0.826 bits per heavy atom. The van der Waals surface area contributed by atoms with E-state index in [0.717, 1.165) is 58.5 Å². The Balaban J connectivity index is 1.48. The van der Waals surface area contributed by atoms with Crippen molar-refractivity contribution >= 4 is 12.1 Å². The first-order valence-corrected chi connectivity index (χ1v) is 8.51. The number of rotatable bonds is 3. The van der Waals surface area contributed by atoms with Crippen LogP contribution >= 0.6 is 0 Å². The lowest BCUT2D eigenvalue weighted by atomic mass is 10.1. The van der Waals surface area contributed by atoms with Gasteiger partial charge in [-0.05, 0) is 25.8 Å². The molecule has 0 unspecified atom stereocenters. The van der Waals surface area contributed by atoms with E-state index in [0.29, 0.717) is 12.1 Å². The van der Waals surface area contributed by atoms with Crippen LogP contribution in [0.2, 0.25) is 0 Å². The minimum atomic E-state index is -0.219. The van der Waals surface area contributed by atoms with Gasteiger partial charge >= 0.3 is 12.1 Å². The van der Waals surface area contributed by atoms with Crippen LogP contribution in [-0.4, -0.2) is 92.3 Å². The van der Waals surface area contributed by atoms with E-state index in [9.17, 15) is 9.59 Å². The van der Waals surface area contributed by atoms with Crippen molar-refractivity contribution in [2.75, 3.05) is 53.5 Å². The van der Waals surface area contributed by atoms with Gasteiger partial charge in [-0.15, -0.1) is 0 Å². The molecule has 3 aliphatic rings. The fourth-order valence-electron chi connectivity index (χ4n) is 4.21. The van der Waals surface area contributed by atoms with Gasteiger partial charge in [0, 0.05) is 44.8 Å². The van der Waals surface area contributed by atoms with Crippen molar-refractivity contribution in [3.05, 3.63) is 0 Å². The molecule has 7 heteroatoms. The molecule has 0 radical (unpaired) electrons. The molecule has 0 spiro atoms. The Morgan fingerprint density at radius 2 is 1.48 bits per heavy atom. The number of carbonyl (C=O) groups is 2. The zero-order chi connectivity index (χ0) is 16.4. The number of hydrogen-bond acceptors (Lipinski definition) is 6. The molecule has 0 aromatic heterocycles. The van der Waals surface area contributed by atoms with E-state index in [2.05, 4.69) is 9.80 Å². The van der Waals surface area contributed by atoms with Crippen molar-refractivity contribution in [1.29, 1.82) is 0 Å². The first-order chi connectivity index (χ1) is 11.1. The summed E-state index contributed by atoms with van der Waals surface area (Å²) in [6.45, 7) is 5.47. The van der Waals surface area contributed by atoms with Gasteiger partial charge in [0.15, 0.2) is 0 Å². The SMILES string of the molecule is COC(=O)[C@H]1CCN([C@H]2CCN([C@H]3CCN(C(=O)OC)C3)C2)C1. The van der Waals surface area contributed by atoms with Gasteiger partial charge in [0.1, 0.15) is 0 Å². The number of hydrogen-bond donors (Lipinski definition) is 0. The molecule has 0 saturated carbocycles. The topological polar surface area (TPSA) is 62.3 Å². The van der Waals surface area contributed by atoms with E-state index in [1.54, 1.807) is 4.90 Å². The predicted octanol–water partition coefficient (Wildman–Crippen LogP) is 0.396. The lowest BCUT2D eigenvalue weighted by molar-refractivity contribution is -0.145. The zero-order valence-electron chi connectivity index (χ0n) is 14.1. The number of methoxy groups -OCH3 is 2. The van der Waals surface area contributed by atoms with Crippen LogP contribution in [0.4, 0.5) is 4.79 Å². The maximum atomic E-state index is 11.7. The maximum Gasteiger partial charge on any atom is 0.409 e. The van der Waals surface area contributed by atoms with Gasteiger partial charge in [-0.3, -0.25) is 14.6 Å². The fourth-order valence-corrected chi connectivity index (χ4v) is 4.21. The summed E-state index contributed by atoms with van der Waals surface area (Å²) in [4.78, 5) is 30.0. The molecule has 23 heavy (non-hydrogen) atoms. The second-order valence-corrected chi connectivity index (χ2v) is 6.80. The van der Waals surface area contributed by atoms with Crippen LogP contribution in [0.1, 0.15) is 19.3 Å². The molecule has 3 aliphatic heterocycles. The lowest BCUT2D eigenvalue weighted by Gasteiger charge is -2.27. The Hall–Kier alpha value is -1.34. The third-order valence-corrected chi connectivity index (χ3v) is 5.58. The van der Waals surface area contributed by atoms with Gasteiger partial charge in [0.05, 0.1) is 20.1 Å². The highest BCUT2D eigenvalue weighted by molar-refractivity contribution is 5.72. The van der Waals surface area contributed by atoms with Crippen molar-refractivity contribution in [1.82, 2.24) is 14.7 Å². The first kappa shape index (κ1) is 16.5. The average Bonchev–Trinajstić information content (AvgIpc) is 3.31. The predicted molar refractivity (Wildman–Crippen MR) is 84.1 cm³/mol. The van der Waals surface area contributed by atoms with Crippen LogP contribution in [0.25, 0.3) is 0 Å². The molecule has 1 amide bonds. The largest absolute Gasteiger partial charge is 0.469 e. The second kappa shape index (κ2) is 7.05. The lowest BCUT2D eigenvalue weighted by Crippen LogP contribution is -2.41. The molecule has 3 rings (SSSR count). The van der Waals surface area contributed by atoms with Crippen molar-refractivity contribution in [2.45, 2.75) is 31.3 Å². The van der Waals surface area contributed by atoms with Gasteiger partial charge in [0.25, 0.3) is 0 Å². The van der Waals surface area contributed by atoms with E-state index < -0.39 is 0 Å². The van der Waals surface area contributed by atoms with Gasteiger partial charge in [0.2, 0.25) is 0 Å². The van der Waals surface area contributed by atoms with Crippen LogP contribution in [-0.2, 0) is 14.3 Å². The highest BCUT2D eigenvalue weighted by atomic mass is 16.5. The third kappa shape index (κ3) is 3.45. The number of esters is 1. The van der Waals surface area contributed by atoms with E-state index in [1.807, 2.05) is 0 Å². The normalized spacial score (nSPS) is 32.4. The van der Waals surface area contributed by atoms with E-state index in [1.165, 1.54) is 14.2 Å². The average molecular weight is 325 g/mol. The van der Waals surface area contributed by atoms with E-state index in [4.69, 9.17) is 9.47 Å². The molecule has 0 aromatic rings. The Labute approximate surface area is 137 Å². The van der Waals surface area contributed by atoms with Crippen LogP contribution in [0.3, 0.4) is 0 Å². The summed E-state index contributed by atoms with van der Waals surface area (Å²) in [5, 5.41) is 0. The summed E-state index contributed by atoms with van der Waals surface area (Å²) in [6.07, 6.45) is 2.85. The molecule has 0 bridgehead atoms. The molecular formula is C16H27N3O4. The molecule has 0 aliphatic carbocycles. The number of nitrogens with zero attached hydrogens (tertiary/aromatic N) is 3. The Morgan fingerprint density at radius 3 is 2.22 bits per heavy atom. The highest BCUT2D eigenvalue weighted by Gasteiger charge is 2.39. The number of ether oxygens (including phenoxy) is 2. The van der Waals surface area contributed by atoms with Crippen molar-refractivity contribution < 1.29 is 19.1 Å². The number of carbonyl (C=O) groups excluding carboxylic acids is 2. The van der Waals surface area contributed by atoms with Gasteiger partial charge in [-0.2, -0.15) is 0 Å². The molecule has 3 heterocycles. The van der Waals surface area contributed by atoms with Crippen LogP contribution < -0.4 is 0 Å². The summed E-state index contributed by atoms with van der Waals surface area (Å²) in [5.74, 6) is -0.0396. The fraction of sp³-hybridized carbons (Fsp3) is 0.875. The van der Waals surface area contributed by atoms with Crippen LogP contribution in [0.5, 0.6) is 0 Å². The molecule has 0 N–H and O–H groups in total. The molecule has 3 atom stereocenters. The minimum absolute atomic E-state index is 0.0374. The van der Waals surface area contributed by atoms with Crippen molar-refractivity contribution in [3.63, 3.8) is 0 Å². The van der Waals surface area contributed by atoms with Crippen LogP contribution in [0, 0.1) is 5.92 Å². The Bertz CT molecular complexity index is 419. The quantitative estimate of drug-likeness (QED) is 0.700. The smallest absolute Gasteiger partial charge is 0.409 e. The molecule has 3 fully saturated rings. The summed E-state index contributed by atoms with van der Waals surface area (Å²) in [5.41, 5.74) is 0. The minimum Gasteiger partial charge on any atom is -0.469 e. The molecule has 130 valence electrons. The molecule has 0 aromatic carbocycles. The zero-order valence-corrected chi connectivity index (χ0v) is 14.1. The van der Waals surface area contributed by atoms with Crippen LogP contribution in [0.15, 0.2) is 0 Å². The van der Waals surface area contributed by atoms with Gasteiger partial charge in [-0.25, -0.2) is 4.79 Å². The Kier molecular flexibility index (Phi) is 5.06. The number of amides is 1. The molecular weight excluding hydrogens is 298 g/mol. The maximum absolute atomic E-state index is 11.7. The summed E-state index contributed by atoms with van der Waals surface area (Å²) < 4.78 is 9.68. The van der Waals surface area contributed by atoms with E-state index in [-0.39, 0.29) is 18.0 Å². The summed E-state index contributed by atoms with van der Waals surface area (Å²) >= 11 is 0. The van der Waals surface area contributed by atoms with Crippen molar-refractivity contribution in [2.24, 2.45) is 5.92 Å².